The molecule has 0 heterocycles. The predicted octanol–water partition coefficient (Wildman–Crippen LogP) is 2.72. The first kappa shape index (κ1) is 16.4. The van der Waals surface area contributed by atoms with Crippen LogP contribution < -0.4 is 10.9 Å². The summed E-state index contributed by atoms with van der Waals surface area (Å²) in [7, 11) is 0. The van der Waals surface area contributed by atoms with Crippen LogP contribution in [0.25, 0.3) is 10.8 Å². The Kier molecular flexibility index (Phi) is 4.82. The van der Waals surface area contributed by atoms with Crippen LogP contribution in [0, 0.1) is 0 Å². The third-order valence-electron chi connectivity index (χ3n) is 3.66. The second kappa shape index (κ2) is 7.37. The maximum Gasteiger partial charge on any atom is 0.274 e. The van der Waals surface area contributed by atoms with E-state index in [1.807, 2.05) is 42.5 Å². The van der Waals surface area contributed by atoms with Gasteiger partial charge in [-0.2, -0.15) is 5.10 Å². The van der Waals surface area contributed by atoms with Crippen molar-refractivity contribution in [2.24, 2.45) is 5.10 Å². The van der Waals surface area contributed by atoms with Gasteiger partial charge in [-0.25, -0.2) is 10.9 Å². The van der Waals surface area contributed by atoms with Crippen molar-refractivity contribution in [1.29, 1.82) is 0 Å². The number of nitrogens with one attached hydrogen (secondary N) is 2. The lowest BCUT2D eigenvalue weighted by atomic mass is 10.1. The number of hydrogen-bond acceptors (Lipinski definition) is 4. The number of carbonyl (C=O) groups excluding carboxylic acids is 2. The lowest BCUT2D eigenvalue weighted by Gasteiger charge is -2.02. The number of carbonyl (C=O) groups is 2. The van der Waals surface area contributed by atoms with Gasteiger partial charge in [0, 0.05) is 11.1 Å². The SMILES string of the molecule is O=C(NO)c1ccc(C(=O)N/N=C/c2ccc3ccccc3c2)cc1. The minimum absolute atomic E-state index is 0.249. The predicted molar refractivity (Wildman–Crippen MR) is 94.7 cm³/mol. The Labute approximate surface area is 143 Å². The van der Waals surface area contributed by atoms with Gasteiger partial charge >= 0.3 is 0 Å². The maximum atomic E-state index is 12.0. The van der Waals surface area contributed by atoms with Gasteiger partial charge in [0.2, 0.25) is 0 Å². The minimum atomic E-state index is -0.638. The van der Waals surface area contributed by atoms with Gasteiger partial charge in [-0.15, -0.1) is 0 Å². The van der Waals surface area contributed by atoms with Gasteiger partial charge in [0.25, 0.3) is 11.8 Å². The highest BCUT2D eigenvalue weighted by atomic mass is 16.5. The molecule has 3 aromatic carbocycles. The van der Waals surface area contributed by atoms with Crippen molar-refractivity contribution in [3.8, 4) is 0 Å². The molecule has 25 heavy (non-hydrogen) atoms. The third-order valence-corrected chi connectivity index (χ3v) is 3.66. The smallest absolute Gasteiger partial charge is 0.274 e. The van der Waals surface area contributed by atoms with Crippen LogP contribution in [-0.2, 0) is 0 Å². The summed E-state index contributed by atoms with van der Waals surface area (Å²) in [5, 5.41) is 14.7. The molecule has 0 unspecified atom stereocenters. The quantitative estimate of drug-likeness (QED) is 0.389. The molecule has 6 heteroatoms. The van der Waals surface area contributed by atoms with Crippen LogP contribution >= 0.6 is 0 Å². The van der Waals surface area contributed by atoms with Crippen LogP contribution in [0.4, 0.5) is 0 Å². The fraction of sp³-hybridized carbons (Fsp3) is 0. The highest BCUT2D eigenvalue weighted by Crippen LogP contribution is 2.14. The molecule has 3 N–H and O–H groups in total. The number of hydrogen-bond donors (Lipinski definition) is 3. The average molecular weight is 333 g/mol. The molecule has 0 aromatic heterocycles. The zero-order chi connectivity index (χ0) is 17.6. The van der Waals surface area contributed by atoms with Gasteiger partial charge < -0.3 is 0 Å². The maximum absolute atomic E-state index is 12.0. The third kappa shape index (κ3) is 3.88. The summed E-state index contributed by atoms with van der Waals surface area (Å²) in [4.78, 5) is 23.3. The monoisotopic (exact) mass is 333 g/mol. The normalized spacial score (nSPS) is 10.8. The number of nitrogens with zero attached hydrogens (tertiary/aromatic N) is 1. The van der Waals surface area contributed by atoms with Gasteiger partial charge in [0.1, 0.15) is 0 Å². The molecule has 0 aliphatic carbocycles. The summed E-state index contributed by atoms with van der Waals surface area (Å²) < 4.78 is 0. The van der Waals surface area contributed by atoms with Crippen molar-refractivity contribution in [1.82, 2.24) is 10.9 Å². The second-order valence-corrected chi connectivity index (χ2v) is 5.32. The molecule has 0 fully saturated rings. The Balaban J connectivity index is 1.66. The molecule has 6 nitrogen and oxygen atoms in total. The molecule has 0 atom stereocenters. The van der Waals surface area contributed by atoms with Gasteiger partial charge in [-0.3, -0.25) is 14.8 Å². The van der Waals surface area contributed by atoms with Crippen molar-refractivity contribution in [2.75, 3.05) is 0 Å². The van der Waals surface area contributed by atoms with Crippen LogP contribution in [0.5, 0.6) is 0 Å². The highest BCUT2D eigenvalue weighted by molar-refractivity contribution is 5.98. The molecule has 2 amide bonds. The van der Waals surface area contributed by atoms with E-state index in [1.165, 1.54) is 29.7 Å². The summed E-state index contributed by atoms with van der Waals surface area (Å²) in [6, 6.07) is 19.7. The molecule has 124 valence electrons. The summed E-state index contributed by atoms with van der Waals surface area (Å²) in [6.07, 6.45) is 1.57. The van der Waals surface area contributed by atoms with Crippen LogP contribution in [0.3, 0.4) is 0 Å². The van der Waals surface area contributed by atoms with Crippen molar-refractivity contribution >= 4 is 28.8 Å². The van der Waals surface area contributed by atoms with Gasteiger partial charge in [-0.1, -0.05) is 36.4 Å². The summed E-state index contributed by atoms with van der Waals surface area (Å²) in [5.74, 6) is -1.03. The highest BCUT2D eigenvalue weighted by Gasteiger charge is 2.07. The summed E-state index contributed by atoms with van der Waals surface area (Å²) >= 11 is 0. The molecular formula is C19H15N3O3. The summed E-state index contributed by atoms with van der Waals surface area (Å²) in [6.45, 7) is 0. The molecule has 0 aliphatic rings. The standard InChI is InChI=1S/C19H15N3O3/c23-18(15-7-9-16(10-8-15)19(24)22-25)21-20-12-13-5-6-14-3-1-2-4-17(14)11-13/h1-12,25H,(H,21,23)(H,22,24)/b20-12+. The zero-order valence-electron chi connectivity index (χ0n) is 13.1. The molecule has 0 saturated heterocycles. The first-order chi connectivity index (χ1) is 12.2. The topological polar surface area (TPSA) is 90.8 Å². The van der Waals surface area contributed by atoms with Gasteiger partial charge in [0.05, 0.1) is 6.21 Å². The van der Waals surface area contributed by atoms with E-state index in [9.17, 15) is 9.59 Å². The van der Waals surface area contributed by atoms with E-state index in [2.05, 4.69) is 10.5 Å². The summed E-state index contributed by atoms with van der Waals surface area (Å²) in [5.41, 5.74) is 5.44. The van der Waals surface area contributed by atoms with Gasteiger partial charge in [0.15, 0.2) is 0 Å². The molecular weight excluding hydrogens is 318 g/mol. The van der Waals surface area contributed by atoms with E-state index in [0.29, 0.717) is 5.56 Å². The Morgan fingerprint density at radius 1 is 0.840 bits per heavy atom. The largest absolute Gasteiger partial charge is 0.288 e. The fourth-order valence-electron chi connectivity index (χ4n) is 2.36. The molecule has 0 spiro atoms. The van der Waals surface area contributed by atoms with E-state index in [4.69, 9.17) is 5.21 Å². The van der Waals surface area contributed by atoms with Crippen molar-refractivity contribution < 1.29 is 14.8 Å². The zero-order valence-corrected chi connectivity index (χ0v) is 13.1. The Morgan fingerprint density at radius 3 is 2.16 bits per heavy atom. The molecule has 0 bridgehead atoms. The second-order valence-electron chi connectivity index (χ2n) is 5.32. The molecule has 0 aliphatic heterocycles. The number of amides is 2. The molecule has 3 aromatic rings. The van der Waals surface area contributed by atoms with Crippen molar-refractivity contribution in [2.45, 2.75) is 0 Å². The fourth-order valence-corrected chi connectivity index (χ4v) is 2.36. The number of fused-ring (bicyclic) bond motifs is 1. The van der Waals surface area contributed by atoms with Crippen molar-refractivity contribution in [3.05, 3.63) is 83.4 Å². The van der Waals surface area contributed by atoms with Crippen LogP contribution in [0.2, 0.25) is 0 Å². The number of hydroxylamine groups is 1. The number of benzene rings is 3. The number of hydrazone groups is 1. The van der Waals surface area contributed by atoms with E-state index < -0.39 is 11.8 Å². The Bertz CT molecular complexity index is 950. The molecule has 0 radical (unpaired) electrons. The Hall–Kier alpha value is -3.51. The molecule has 0 saturated carbocycles. The van der Waals surface area contributed by atoms with Crippen molar-refractivity contribution in [3.63, 3.8) is 0 Å². The lowest BCUT2D eigenvalue weighted by Crippen LogP contribution is -2.20. The first-order valence-corrected chi connectivity index (χ1v) is 7.54. The minimum Gasteiger partial charge on any atom is -0.288 e. The van der Waals surface area contributed by atoms with Crippen LogP contribution in [0.15, 0.2) is 71.8 Å². The van der Waals surface area contributed by atoms with E-state index in [-0.39, 0.29) is 5.56 Å². The Morgan fingerprint density at radius 2 is 1.48 bits per heavy atom. The first-order valence-electron chi connectivity index (χ1n) is 7.54. The van der Waals surface area contributed by atoms with Crippen LogP contribution in [-0.4, -0.2) is 23.2 Å². The van der Waals surface area contributed by atoms with Gasteiger partial charge in [-0.05, 0) is 46.7 Å². The van der Waals surface area contributed by atoms with E-state index in [1.54, 1.807) is 6.21 Å². The number of rotatable bonds is 4. The molecule has 3 rings (SSSR count). The lowest BCUT2D eigenvalue weighted by molar-refractivity contribution is 0.0706. The average Bonchev–Trinajstić information content (AvgIpc) is 2.67. The van der Waals surface area contributed by atoms with E-state index in [0.717, 1.165) is 16.3 Å². The van der Waals surface area contributed by atoms with Crippen LogP contribution in [0.1, 0.15) is 26.3 Å². The van der Waals surface area contributed by atoms with E-state index >= 15 is 0 Å².